The number of benzene rings is 1. The second-order valence-corrected chi connectivity index (χ2v) is 5.51. The maximum atomic E-state index is 14.2. The molecule has 0 amide bonds. The first kappa shape index (κ1) is 14.3. The Morgan fingerprint density at radius 2 is 1.95 bits per heavy atom. The molecule has 2 rings (SSSR count). The fourth-order valence-electron chi connectivity index (χ4n) is 2.11. The molecule has 0 heterocycles. The molecule has 0 unspecified atom stereocenters. The predicted octanol–water partition coefficient (Wildman–Crippen LogP) is 2.92. The minimum Gasteiger partial charge on any atom is -0.393 e. The highest BCUT2D eigenvalue weighted by atomic mass is 32.1. The third-order valence-electron chi connectivity index (χ3n) is 3.31. The van der Waals surface area contributed by atoms with E-state index in [4.69, 9.17) is 18.0 Å². The average molecular weight is 284 g/mol. The van der Waals surface area contributed by atoms with Gasteiger partial charge >= 0.3 is 0 Å². The van der Waals surface area contributed by atoms with Gasteiger partial charge in [0.25, 0.3) is 5.92 Å². The lowest BCUT2D eigenvalue weighted by molar-refractivity contribution is -0.0395. The van der Waals surface area contributed by atoms with Gasteiger partial charge in [-0.15, -0.1) is 0 Å². The lowest BCUT2D eigenvalue weighted by atomic mass is 10.1. The molecule has 1 aromatic rings. The molecule has 104 valence electrons. The Bertz CT molecular complexity index is 432. The smallest absolute Gasteiger partial charge is 0.285 e. The number of hydrogen-bond donors (Lipinski definition) is 1. The van der Waals surface area contributed by atoms with Crippen LogP contribution in [0.25, 0.3) is 0 Å². The summed E-state index contributed by atoms with van der Waals surface area (Å²) in [6, 6.07) is 8.23. The van der Waals surface area contributed by atoms with Crippen molar-refractivity contribution in [2.75, 3.05) is 13.1 Å². The highest BCUT2D eigenvalue weighted by Crippen LogP contribution is 2.34. The van der Waals surface area contributed by atoms with Crippen molar-refractivity contribution in [3.63, 3.8) is 0 Å². The normalized spacial score (nSPS) is 15.7. The average Bonchev–Trinajstić information content (AvgIpc) is 3.19. The maximum absolute atomic E-state index is 14.2. The summed E-state index contributed by atoms with van der Waals surface area (Å²) in [6.45, 7) is 0.257. The van der Waals surface area contributed by atoms with Gasteiger partial charge in [-0.05, 0) is 12.8 Å². The number of alkyl halides is 2. The van der Waals surface area contributed by atoms with E-state index in [2.05, 4.69) is 0 Å². The minimum atomic E-state index is -2.83. The molecule has 0 aromatic heterocycles. The van der Waals surface area contributed by atoms with Gasteiger partial charge in [0.05, 0.1) is 11.5 Å². The van der Waals surface area contributed by atoms with Crippen molar-refractivity contribution in [2.24, 2.45) is 5.73 Å². The first-order valence-corrected chi connectivity index (χ1v) is 6.85. The Kier molecular flexibility index (Phi) is 4.47. The summed E-state index contributed by atoms with van der Waals surface area (Å²) in [5.74, 6) is -2.83. The van der Waals surface area contributed by atoms with E-state index >= 15 is 0 Å². The molecule has 2 N–H and O–H groups in total. The summed E-state index contributed by atoms with van der Waals surface area (Å²) in [4.78, 5) is 2.19. The molecule has 0 bridgehead atoms. The zero-order valence-electron chi connectivity index (χ0n) is 10.7. The highest BCUT2D eigenvalue weighted by molar-refractivity contribution is 7.80. The monoisotopic (exact) mass is 284 g/mol. The second kappa shape index (κ2) is 5.92. The summed E-state index contributed by atoms with van der Waals surface area (Å²) < 4.78 is 28.4. The maximum Gasteiger partial charge on any atom is 0.285 e. The summed E-state index contributed by atoms with van der Waals surface area (Å²) >= 11 is 4.82. The van der Waals surface area contributed by atoms with E-state index in [1.54, 1.807) is 18.2 Å². The first-order chi connectivity index (χ1) is 8.99. The van der Waals surface area contributed by atoms with Crippen LogP contribution in [0.4, 0.5) is 8.78 Å². The molecule has 0 saturated heterocycles. The van der Waals surface area contributed by atoms with E-state index in [-0.39, 0.29) is 18.2 Å². The molecular formula is C14H18F2N2S. The Morgan fingerprint density at radius 1 is 1.32 bits per heavy atom. The van der Waals surface area contributed by atoms with Crippen LogP contribution in [0.1, 0.15) is 24.8 Å². The lowest BCUT2D eigenvalue weighted by Gasteiger charge is -2.27. The van der Waals surface area contributed by atoms with E-state index in [0.717, 1.165) is 12.8 Å². The Hall–Kier alpha value is -1.07. The second-order valence-electron chi connectivity index (χ2n) is 4.99. The van der Waals surface area contributed by atoms with Crippen LogP contribution in [0, 0.1) is 0 Å². The van der Waals surface area contributed by atoms with Gasteiger partial charge in [-0.3, -0.25) is 4.90 Å². The van der Waals surface area contributed by atoms with Crippen molar-refractivity contribution in [2.45, 2.75) is 31.2 Å². The van der Waals surface area contributed by atoms with Crippen LogP contribution >= 0.6 is 12.2 Å². The third kappa shape index (κ3) is 4.21. The molecule has 1 aliphatic rings. The van der Waals surface area contributed by atoms with Gasteiger partial charge in [-0.25, -0.2) is 0 Å². The third-order valence-corrected chi connectivity index (χ3v) is 3.51. The van der Waals surface area contributed by atoms with Crippen LogP contribution < -0.4 is 5.73 Å². The van der Waals surface area contributed by atoms with Crippen molar-refractivity contribution >= 4 is 17.2 Å². The molecule has 2 nitrogen and oxygen atoms in total. The molecule has 1 aliphatic carbocycles. The molecule has 5 heteroatoms. The fraction of sp³-hybridized carbons (Fsp3) is 0.500. The van der Waals surface area contributed by atoms with Gasteiger partial charge in [0.1, 0.15) is 0 Å². The van der Waals surface area contributed by atoms with Gasteiger partial charge in [0, 0.05) is 24.6 Å². The quantitative estimate of drug-likeness (QED) is 0.781. The van der Waals surface area contributed by atoms with Crippen LogP contribution in [0.3, 0.4) is 0 Å². The summed E-state index contributed by atoms with van der Waals surface area (Å²) in [6.07, 6.45) is 2.47. The summed E-state index contributed by atoms with van der Waals surface area (Å²) in [5.41, 5.74) is 5.52. The number of hydrogen-bond acceptors (Lipinski definition) is 2. The van der Waals surface area contributed by atoms with Crippen molar-refractivity contribution in [3.05, 3.63) is 35.9 Å². The number of nitrogens with two attached hydrogens (primary N) is 1. The molecular weight excluding hydrogens is 266 g/mol. The van der Waals surface area contributed by atoms with E-state index < -0.39 is 5.92 Å². The highest BCUT2D eigenvalue weighted by Gasteiger charge is 2.38. The fourth-order valence-corrected chi connectivity index (χ4v) is 2.20. The molecule has 1 saturated carbocycles. The van der Waals surface area contributed by atoms with Gasteiger partial charge in [0.15, 0.2) is 0 Å². The Balaban J connectivity index is 2.01. The number of nitrogens with zero attached hydrogens (tertiary/aromatic N) is 1. The van der Waals surface area contributed by atoms with Crippen LogP contribution in [-0.4, -0.2) is 29.0 Å². The van der Waals surface area contributed by atoms with Crippen LogP contribution in [0.2, 0.25) is 0 Å². The molecule has 19 heavy (non-hydrogen) atoms. The van der Waals surface area contributed by atoms with Gasteiger partial charge in [-0.1, -0.05) is 42.5 Å². The first-order valence-electron chi connectivity index (χ1n) is 6.45. The number of rotatable bonds is 7. The number of halogens is 2. The molecule has 1 fully saturated rings. The lowest BCUT2D eigenvalue weighted by Crippen LogP contribution is -2.38. The standard InChI is InChI=1S/C14H18F2N2S/c15-14(16,11-4-2-1-3-5-11)10-18(12-6-7-12)9-8-13(17)19/h1-5,12H,6-10H2,(H2,17,19). The van der Waals surface area contributed by atoms with Crippen LogP contribution in [0.5, 0.6) is 0 Å². The number of thiocarbonyl (C=S) groups is 1. The van der Waals surface area contributed by atoms with Gasteiger partial charge in [0.2, 0.25) is 0 Å². The summed E-state index contributed by atoms with van der Waals surface area (Å²) in [7, 11) is 0. The van der Waals surface area contributed by atoms with Crippen molar-refractivity contribution in [1.29, 1.82) is 0 Å². The van der Waals surface area contributed by atoms with Crippen molar-refractivity contribution < 1.29 is 8.78 Å². The Labute approximate surface area is 117 Å². The zero-order valence-corrected chi connectivity index (χ0v) is 11.5. The largest absolute Gasteiger partial charge is 0.393 e. The van der Waals surface area contributed by atoms with E-state index in [0.29, 0.717) is 18.0 Å². The SMILES string of the molecule is NC(=S)CCN(CC(F)(F)c1ccccc1)C1CC1. The van der Waals surface area contributed by atoms with Gasteiger partial charge in [-0.2, -0.15) is 8.78 Å². The van der Waals surface area contributed by atoms with Crippen LogP contribution in [0.15, 0.2) is 30.3 Å². The minimum absolute atomic E-state index is 0.0657. The topological polar surface area (TPSA) is 29.3 Å². The molecule has 0 radical (unpaired) electrons. The summed E-state index contributed by atoms with van der Waals surface area (Å²) in [5, 5.41) is 0. The predicted molar refractivity (Wildman–Crippen MR) is 76.3 cm³/mol. The van der Waals surface area contributed by atoms with E-state index in [1.807, 2.05) is 4.90 Å². The Morgan fingerprint density at radius 3 is 2.47 bits per heavy atom. The van der Waals surface area contributed by atoms with Crippen molar-refractivity contribution in [1.82, 2.24) is 4.90 Å². The van der Waals surface area contributed by atoms with Gasteiger partial charge < -0.3 is 5.73 Å². The molecule has 0 aliphatic heterocycles. The van der Waals surface area contributed by atoms with E-state index in [1.165, 1.54) is 12.1 Å². The molecule has 1 aromatic carbocycles. The van der Waals surface area contributed by atoms with Crippen molar-refractivity contribution in [3.8, 4) is 0 Å². The van der Waals surface area contributed by atoms with E-state index in [9.17, 15) is 8.78 Å². The zero-order chi connectivity index (χ0) is 13.9. The van der Waals surface area contributed by atoms with Crippen LogP contribution in [-0.2, 0) is 5.92 Å². The molecule has 0 atom stereocenters. The molecule has 0 spiro atoms.